The zero-order valence-corrected chi connectivity index (χ0v) is 21.3. The van der Waals surface area contributed by atoms with E-state index in [1.54, 1.807) is 0 Å². The Morgan fingerprint density at radius 1 is 0.971 bits per heavy atom. The lowest BCUT2D eigenvalue weighted by molar-refractivity contribution is 0.0180. The molecule has 1 aliphatic carbocycles. The van der Waals surface area contributed by atoms with Crippen molar-refractivity contribution in [2.45, 2.75) is 89.4 Å². The van der Waals surface area contributed by atoms with E-state index in [0.717, 1.165) is 42.1 Å². The number of aromatic nitrogens is 1. The van der Waals surface area contributed by atoms with Gasteiger partial charge in [0, 0.05) is 34.8 Å². The van der Waals surface area contributed by atoms with Crippen molar-refractivity contribution >= 4 is 16.7 Å². The van der Waals surface area contributed by atoms with Gasteiger partial charge in [0.2, 0.25) is 0 Å². The number of likely N-dealkylation sites (tertiary alicyclic amines) is 1. The van der Waals surface area contributed by atoms with Crippen LogP contribution in [0.25, 0.3) is 22.0 Å². The van der Waals surface area contributed by atoms with Crippen molar-refractivity contribution in [1.29, 1.82) is 5.41 Å². The summed E-state index contributed by atoms with van der Waals surface area (Å²) in [4.78, 5) is 16.9. The summed E-state index contributed by atoms with van der Waals surface area (Å²) < 4.78 is 2.08. The Kier molecular flexibility index (Phi) is 6.30. The van der Waals surface area contributed by atoms with Crippen molar-refractivity contribution in [1.82, 2.24) is 9.47 Å². The molecule has 5 rings (SSSR count). The van der Waals surface area contributed by atoms with E-state index in [9.17, 15) is 4.79 Å². The molecule has 0 bridgehead atoms. The average molecular weight is 471 g/mol. The van der Waals surface area contributed by atoms with Gasteiger partial charge in [-0.25, -0.2) is 0 Å². The van der Waals surface area contributed by atoms with Gasteiger partial charge in [-0.2, -0.15) is 0 Å². The van der Waals surface area contributed by atoms with Gasteiger partial charge in [0.05, 0.1) is 5.52 Å². The molecule has 2 fully saturated rings. The monoisotopic (exact) mass is 470 g/mol. The van der Waals surface area contributed by atoms with Crippen molar-refractivity contribution in [2.75, 3.05) is 0 Å². The highest BCUT2D eigenvalue weighted by molar-refractivity contribution is 5.96. The number of fused-ring (bicyclic) bond motifs is 1. The molecule has 1 aromatic heterocycles. The molecular weight excluding hydrogens is 432 g/mol. The number of hydrogen-bond donors (Lipinski definition) is 2. The van der Waals surface area contributed by atoms with Crippen LogP contribution >= 0.6 is 0 Å². The first-order chi connectivity index (χ1) is 16.8. The molecule has 3 N–H and O–H groups in total. The molecule has 2 aromatic carbocycles. The maximum atomic E-state index is 14.1. The van der Waals surface area contributed by atoms with Crippen LogP contribution in [0.5, 0.6) is 0 Å². The fourth-order valence-electron chi connectivity index (χ4n) is 6.76. The third-order valence-corrected chi connectivity index (χ3v) is 8.65. The van der Waals surface area contributed by atoms with Crippen LogP contribution in [-0.4, -0.2) is 33.4 Å². The van der Waals surface area contributed by atoms with Gasteiger partial charge in [-0.3, -0.25) is 15.1 Å². The predicted molar refractivity (Wildman–Crippen MR) is 145 cm³/mol. The normalized spacial score (nSPS) is 27.7. The Morgan fingerprint density at radius 2 is 1.66 bits per heavy atom. The van der Waals surface area contributed by atoms with Gasteiger partial charge in [-0.15, -0.1) is 0 Å². The number of amidine groups is 1. The highest BCUT2D eigenvalue weighted by Gasteiger charge is 2.39. The molecule has 2 aliphatic rings. The second-order valence-electron chi connectivity index (χ2n) is 11.1. The molecule has 0 spiro atoms. The fraction of sp³-hybridized carbons (Fsp3) is 0.467. The Labute approximate surface area is 208 Å². The Morgan fingerprint density at radius 3 is 2.34 bits per heavy atom. The van der Waals surface area contributed by atoms with Gasteiger partial charge >= 0.3 is 0 Å². The van der Waals surface area contributed by atoms with Crippen molar-refractivity contribution in [3.8, 4) is 11.1 Å². The van der Waals surface area contributed by atoms with Crippen LogP contribution < -0.4 is 11.3 Å². The lowest BCUT2D eigenvalue weighted by Gasteiger charge is -2.49. The number of pyridine rings is 1. The quantitative estimate of drug-likeness (QED) is 0.370. The SMILES string of the molecule is C[C@@H]1CCC[C@H](C)N1C1CCC(C)(n2c(=O)c(-c3cccc(C(=N)N)c3)cc3ccccc32)CC1. The zero-order chi connectivity index (χ0) is 24.7. The smallest absolute Gasteiger partial charge is 0.259 e. The van der Waals surface area contributed by atoms with E-state index < -0.39 is 0 Å². The van der Waals surface area contributed by atoms with Crippen LogP contribution in [0, 0.1) is 5.41 Å². The number of nitrogens with two attached hydrogens (primary N) is 1. The third kappa shape index (κ3) is 4.31. The average Bonchev–Trinajstić information content (AvgIpc) is 2.84. The minimum absolute atomic E-state index is 0.0134. The van der Waals surface area contributed by atoms with E-state index >= 15 is 0 Å². The van der Waals surface area contributed by atoms with E-state index in [1.807, 2.05) is 42.5 Å². The number of benzene rings is 2. The molecule has 5 nitrogen and oxygen atoms in total. The van der Waals surface area contributed by atoms with E-state index in [-0.39, 0.29) is 16.9 Å². The predicted octanol–water partition coefficient (Wildman–Crippen LogP) is 5.87. The van der Waals surface area contributed by atoms with E-state index in [2.05, 4.69) is 42.4 Å². The maximum Gasteiger partial charge on any atom is 0.259 e. The second-order valence-corrected chi connectivity index (χ2v) is 11.1. The summed E-state index contributed by atoms with van der Waals surface area (Å²) in [6, 6.07) is 19.6. The minimum atomic E-state index is -0.232. The molecule has 1 aliphatic heterocycles. The Bertz CT molecular complexity index is 1290. The number of para-hydroxylation sites is 1. The molecule has 184 valence electrons. The Balaban J connectivity index is 1.55. The minimum Gasteiger partial charge on any atom is -0.384 e. The van der Waals surface area contributed by atoms with Crippen LogP contribution in [-0.2, 0) is 5.54 Å². The van der Waals surface area contributed by atoms with Crippen LogP contribution in [0.15, 0.2) is 59.4 Å². The van der Waals surface area contributed by atoms with Gasteiger partial charge in [-0.05, 0) is 88.4 Å². The summed E-state index contributed by atoms with van der Waals surface area (Å²) in [5.74, 6) is 0.0134. The number of nitrogen functional groups attached to an aromatic ring is 1. The first kappa shape index (κ1) is 23.8. The number of nitrogens with zero attached hydrogens (tertiary/aromatic N) is 2. The molecular formula is C30H38N4O. The summed E-state index contributed by atoms with van der Waals surface area (Å²) in [6.07, 6.45) is 8.16. The summed E-state index contributed by atoms with van der Waals surface area (Å²) in [5, 5.41) is 8.90. The molecule has 5 heteroatoms. The maximum absolute atomic E-state index is 14.1. The Hall–Kier alpha value is -2.92. The largest absolute Gasteiger partial charge is 0.384 e. The summed E-state index contributed by atoms with van der Waals surface area (Å²) in [5.41, 5.74) is 8.69. The lowest BCUT2D eigenvalue weighted by atomic mass is 9.78. The molecule has 35 heavy (non-hydrogen) atoms. The van der Waals surface area contributed by atoms with Gasteiger partial charge in [0.25, 0.3) is 5.56 Å². The summed E-state index contributed by atoms with van der Waals surface area (Å²) >= 11 is 0. The van der Waals surface area contributed by atoms with E-state index in [0.29, 0.717) is 29.3 Å². The van der Waals surface area contributed by atoms with Gasteiger partial charge in [0.15, 0.2) is 0 Å². The number of rotatable bonds is 4. The van der Waals surface area contributed by atoms with Crippen LogP contribution in [0.4, 0.5) is 0 Å². The lowest BCUT2D eigenvalue weighted by Crippen LogP contribution is -2.53. The fourth-order valence-corrected chi connectivity index (χ4v) is 6.76. The molecule has 2 heterocycles. The molecule has 0 amide bonds. The van der Waals surface area contributed by atoms with Crippen molar-refractivity contribution in [3.63, 3.8) is 0 Å². The topological polar surface area (TPSA) is 75.1 Å². The highest BCUT2D eigenvalue weighted by atomic mass is 16.1. The third-order valence-electron chi connectivity index (χ3n) is 8.65. The van der Waals surface area contributed by atoms with E-state index in [4.69, 9.17) is 11.1 Å². The first-order valence-electron chi connectivity index (χ1n) is 13.2. The molecule has 0 radical (unpaired) electrons. The van der Waals surface area contributed by atoms with Crippen molar-refractivity contribution in [2.24, 2.45) is 5.73 Å². The summed E-state index contributed by atoms with van der Waals surface area (Å²) in [6.45, 7) is 7.05. The number of piperidine rings is 1. The molecule has 0 unspecified atom stereocenters. The second kappa shape index (κ2) is 9.27. The highest BCUT2D eigenvalue weighted by Crippen LogP contribution is 2.40. The van der Waals surface area contributed by atoms with Crippen LogP contribution in [0.3, 0.4) is 0 Å². The molecule has 2 atom stereocenters. The van der Waals surface area contributed by atoms with Crippen LogP contribution in [0.2, 0.25) is 0 Å². The van der Waals surface area contributed by atoms with Crippen molar-refractivity contribution < 1.29 is 0 Å². The molecule has 1 saturated carbocycles. The van der Waals surface area contributed by atoms with Gasteiger partial charge in [-0.1, -0.05) is 42.8 Å². The summed E-state index contributed by atoms with van der Waals surface area (Å²) in [7, 11) is 0. The zero-order valence-electron chi connectivity index (χ0n) is 21.3. The van der Waals surface area contributed by atoms with Crippen LogP contribution in [0.1, 0.15) is 71.3 Å². The van der Waals surface area contributed by atoms with Crippen molar-refractivity contribution in [3.05, 3.63) is 70.5 Å². The van der Waals surface area contributed by atoms with Gasteiger partial charge in [0.1, 0.15) is 5.84 Å². The standard InChI is InChI=1S/C30H38N4O/c1-20-8-6-9-21(2)33(20)25-14-16-30(3,17-15-25)34-27-13-5-4-10-23(27)19-26(29(34)35)22-11-7-12-24(18-22)28(31)32/h4-5,7,10-13,18-21,25H,6,8-9,14-17H2,1-3H3,(H3,31,32)/t20-,21+,25?,30?. The number of nitrogens with one attached hydrogen (secondary N) is 1. The number of hydrogen-bond acceptors (Lipinski definition) is 3. The van der Waals surface area contributed by atoms with Gasteiger partial charge < -0.3 is 10.3 Å². The first-order valence-corrected chi connectivity index (χ1v) is 13.2. The molecule has 1 saturated heterocycles. The molecule has 3 aromatic rings. The van der Waals surface area contributed by atoms with E-state index in [1.165, 1.54) is 19.3 Å².